The van der Waals surface area contributed by atoms with Crippen molar-refractivity contribution in [1.82, 2.24) is 5.48 Å². The Hall–Kier alpha value is -4.10. The van der Waals surface area contributed by atoms with Crippen LogP contribution in [0, 0.1) is 11.8 Å². The van der Waals surface area contributed by atoms with Gasteiger partial charge in [-0.1, -0.05) is 0 Å². The highest BCUT2D eigenvalue weighted by molar-refractivity contribution is 5.79. The number of urea groups is 1. The molecule has 1 aliphatic carbocycles. The minimum absolute atomic E-state index is 0.0301. The van der Waals surface area contributed by atoms with Crippen molar-refractivity contribution in [2.75, 3.05) is 34.2 Å². The smallest absolute Gasteiger partial charge is 0.335 e. The number of hydrogen-bond donors (Lipinski definition) is 6. The Morgan fingerprint density at radius 1 is 0.957 bits per heavy atom. The Morgan fingerprint density at radius 3 is 2.21 bits per heavy atom. The maximum atomic E-state index is 13.4. The first-order chi connectivity index (χ1) is 22.6. The van der Waals surface area contributed by atoms with E-state index in [-0.39, 0.29) is 37.3 Å². The number of fused-ring (bicyclic) bond motifs is 4. The number of hydrogen-bond acceptors (Lipinski definition) is 15. The second kappa shape index (κ2) is 13.2. The first-order valence-electron chi connectivity index (χ1n) is 14.7. The fourth-order valence-electron chi connectivity index (χ4n) is 6.74. The molecule has 2 aromatic carbocycles. The number of carbonyl (C=O) groups is 2. The van der Waals surface area contributed by atoms with Crippen LogP contribution in [-0.4, -0.2) is 104 Å². The molecule has 4 heterocycles. The predicted molar refractivity (Wildman–Crippen MR) is 153 cm³/mol. The van der Waals surface area contributed by atoms with Crippen LogP contribution in [0.3, 0.4) is 0 Å². The summed E-state index contributed by atoms with van der Waals surface area (Å²) in [6, 6.07) is 5.99. The fraction of sp³-hybridized carbons (Fsp3) is 0.533. The summed E-state index contributed by atoms with van der Waals surface area (Å²) in [6.07, 6.45) is -6.80. The Bertz CT molecular complexity index is 1480. The largest absolute Gasteiger partial charge is 0.502 e. The van der Waals surface area contributed by atoms with E-state index in [9.17, 15) is 24.9 Å². The van der Waals surface area contributed by atoms with Crippen molar-refractivity contribution in [2.45, 2.75) is 55.9 Å². The molecule has 3 fully saturated rings. The third-order valence-corrected chi connectivity index (χ3v) is 8.86. The van der Waals surface area contributed by atoms with Gasteiger partial charge in [-0.3, -0.25) is 10.0 Å². The standard InChI is InChI=1S/C29H32O13.CH4N2O2/c1-11-36-9-20-27(40-11)24(31)25(32)29(41-20)42-26-14-7-17-16(38-10-39-17)6-13(14)21(22-15(26)8-37-28(22)33)12-4-18(34-2)23(30)19(5-12)35-3;2-1(4)3-5/h4-7,11,15,20-22,24-27,29-32H,8-10H2,1-3H3;5H,(H3,2,3,4)/t11-,15?,20-,21-,22+,24-,25-,26?,27-,29+;/m1./s1. The fourth-order valence-corrected chi connectivity index (χ4v) is 6.74. The number of nitrogens with two attached hydrogens (primary N) is 1. The summed E-state index contributed by atoms with van der Waals surface area (Å²) in [6.45, 7) is 1.93. The summed E-state index contributed by atoms with van der Waals surface area (Å²) < 4.78 is 51.5. The summed E-state index contributed by atoms with van der Waals surface area (Å²) in [7, 11) is 2.86. The monoisotopic (exact) mass is 664 g/mol. The molecule has 0 radical (unpaired) electrons. The summed E-state index contributed by atoms with van der Waals surface area (Å²) in [5, 5.41) is 39.9. The normalized spacial score (nSPS) is 33.3. The molecule has 0 saturated carbocycles. The zero-order chi connectivity index (χ0) is 33.6. The number of cyclic esters (lactones) is 1. The number of nitrogens with one attached hydrogen (secondary N) is 1. The molecule has 4 aliphatic heterocycles. The van der Waals surface area contributed by atoms with Crippen molar-refractivity contribution < 1.29 is 72.7 Å². The van der Waals surface area contributed by atoms with Crippen LogP contribution in [0.1, 0.15) is 35.6 Å². The highest BCUT2D eigenvalue weighted by Crippen LogP contribution is 2.57. The van der Waals surface area contributed by atoms with E-state index in [4.69, 9.17) is 47.8 Å². The molecule has 0 aromatic heterocycles. The van der Waals surface area contributed by atoms with Gasteiger partial charge in [0.25, 0.3) is 0 Å². The maximum absolute atomic E-state index is 13.4. The van der Waals surface area contributed by atoms with Crippen LogP contribution in [0.5, 0.6) is 28.7 Å². The molecule has 7 N–H and O–H groups in total. The molecule has 17 nitrogen and oxygen atoms in total. The zero-order valence-electron chi connectivity index (χ0n) is 25.6. The molecule has 0 bridgehead atoms. The van der Waals surface area contributed by atoms with Crippen LogP contribution in [-0.2, 0) is 28.5 Å². The van der Waals surface area contributed by atoms with Crippen LogP contribution >= 0.6 is 0 Å². The van der Waals surface area contributed by atoms with E-state index >= 15 is 0 Å². The summed E-state index contributed by atoms with van der Waals surface area (Å²) in [5.74, 6) is -1.02. The third kappa shape index (κ3) is 5.95. The minimum atomic E-state index is -1.44. The van der Waals surface area contributed by atoms with Gasteiger partial charge < -0.3 is 63.7 Å². The van der Waals surface area contributed by atoms with Gasteiger partial charge in [-0.25, -0.2) is 10.3 Å². The number of carbonyl (C=O) groups excluding carboxylic acids is 2. The number of primary amides is 1. The molecule has 3 saturated heterocycles. The van der Waals surface area contributed by atoms with Crippen LogP contribution in [0.2, 0.25) is 0 Å². The van der Waals surface area contributed by atoms with Crippen molar-refractivity contribution in [2.24, 2.45) is 17.6 Å². The molecule has 0 spiro atoms. The van der Waals surface area contributed by atoms with Gasteiger partial charge in [0.15, 0.2) is 35.6 Å². The first kappa shape index (κ1) is 32.8. The van der Waals surface area contributed by atoms with Gasteiger partial charge in [0, 0.05) is 11.8 Å². The Balaban J connectivity index is 0.000000720. The van der Waals surface area contributed by atoms with E-state index in [2.05, 4.69) is 5.73 Å². The number of phenols is 1. The quantitative estimate of drug-likeness (QED) is 0.144. The van der Waals surface area contributed by atoms with E-state index in [1.165, 1.54) is 19.7 Å². The second-order valence-electron chi connectivity index (χ2n) is 11.5. The summed E-state index contributed by atoms with van der Waals surface area (Å²) >= 11 is 0. The number of aromatic hydroxyl groups is 1. The van der Waals surface area contributed by atoms with Crippen molar-refractivity contribution in [3.8, 4) is 28.7 Å². The highest BCUT2D eigenvalue weighted by atomic mass is 16.8. The first-order valence-corrected chi connectivity index (χ1v) is 14.7. The zero-order valence-corrected chi connectivity index (χ0v) is 25.6. The highest BCUT2D eigenvalue weighted by Gasteiger charge is 2.56. The summed E-state index contributed by atoms with van der Waals surface area (Å²) in [5.41, 5.74) is 7.47. The molecule has 10 atom stereocenters. The second-order valence-corrected chi connectivity index (χ2v) is 11.5. The van der Waals surface area contributed by atoms with Gasteiger partial charge in [0.05, 0.1) is 39.5 Å². The Kier molecular flexibility index (Phi) is 9.21. The van der Waals surface area contributed by atoms with Crippen molar-refractivity contribution >= 4 is 12.0 Å². The number of aliphatic hydroxyl groups excluding tert-OH is 2. The van der Waals surface area contributed by atoms with Gasteiger partial charge >= 0.3 is 12.0 Å². The number of rotatable bonds is 5. The maximum Gasteiger partial charge on any atom is 0.335 e. The number of ether oxygens (including phenoxy) is 9. The van der Waals surface area contributed by atoms with Gasteiger partial charge in [-0.15, -0.1) is 0 Å². The number of hydroxylamine groups is 1. The Morgan fingerprint density at radius 2 is 1.60 bits per heavy atom. The van der Waals surface area contributed by atoms with Gasteiger partial charge in [-0.2, -0.15) is 0 Å². The lowest BCUT2D eigenvalue weighted by Gasteiger charge is -2.47. The molecule has 17 heteroatoms. The number of esters is 1. The van der Waals surface area contributed by atoms with Gasteiger partial charge in [0.2, 0.25) is 12.5 Å². The molecule has 2 amide bonds. The van der Waals surface area contributed by atoms with Crippen LogP contribution in [0.25, 0.3) is 0 Å². The molecule has 5 aliphatic rings. The minimum Gasteiger partial charge on any atom is -0.502 e. The molecular weight excluding hydrogens is 628 g/mol. The molecule has 47 heavy (non-hydrogen) atoms. The lowest BCUT2D eigenvalue weighted by molar-refractivity contribution is -0.364. The number of aliphatic hydroxyl groups is 2. The van der Waals surface area contributed by atoms with E-state index < -0.39 is 72.9 Å². The van der Waals surface area contributed by atoms with E-state index in [0.29, 0.717) is 28.2 Å². The third-order valence-electron chi connectivity index (χ3n) is 8.86. The van der Waals surface area contributed by atoms with E-state index in [1.54, 1.807) is 31.2 Å². The summed E-state index contributed by atoms with van der Waals surface area (Å²) in [4.78, 5) is 22.6. The van der Waals surface area contributed by atoms with Crippen LogP contribution in [0.15, 0.2) is 24.3 Å². The van der Waals surface area contributed by atoms with Gasteiger partial charge in [-0.05, 0) is 47.9 Å². The van der Waals surface area contributed by atoms with Crippen molar-refractivity contribution in [3.63, 3.8) is 0 Å². The molecular formula is C30H36N2O15. The van der Waals surface area contributed by atoms with Crippen LogP contribution < -0.4 is 30.2 Å². The van der Waals surface area contributed by atoms with E-state index in [0.717, 1.165) is 0 Å². The molecule has 2 aromatic rings. The molecule has 256 valence electrons. The van der Waals surface area contributed by atoms with Crippen molar-refractivity contribution in [3.05, 3.63) is 41.0 Å². The topological polar surface area (TPSA) is 236 Å². The molecule has 7 rings (SSSR count). The Labute approximate surface area is 267 Å². The number of methoxy groups -OCH3 is 2. The average molecular weight is 665 g/mol. The number of amides is 2. The average Bonchev–Trinajstić information content (AvgIpc) is 3.69. The molecule has 2 unspecified atom stereocenters. The predicted octanol–water partition coefficient (Wildman–Crippen LogP) is 0.383. The van der Waals surface area contributed by atoms with Gasteiger partial charge in [0.1, 0.15) is 24.4 Å². The number of phenolic OH excluding ortho intramolecular Hbond substituents is 1. The lowest BCUT2D eigenvalue weighted by Crippen LogP contribution is -2.63. The number of benzene rings is 2. The SMILES string of the molecule is COc1cc([C@@H]2c3cc4c(cc3C(O[C@@H]3O[C@@H]5CO[C@@H](C)O[C@H]5[C@H](O)[C@H]3O)C3COC(=O)[C@@H]32)OCO4)cc(OC)c1O.NC(=O)NO. The van der Waals surface area contributed by atoms with E-state index in [1.807, 2.05) is 0 Å². The lowest BCUT2D eigenvalue weighted by atomic mass is 9.66. The van der Waals surface area contributed by atoms with Crippen molar-refractivity contribution in [1.29, 1.82) is 0 Å². The van der Waals surface area contributed by atoms with Crippen LogP contribution in [0.4, 0.5) is 4.79 Å².